The van der Waals surface area contributed by atoms with Gasteiger partial charge in [0, 0.05) is 30.5 Å². The predicted molar refractivity (Wildman–Crippen MR) is 91.4 cm³/mol. The first-order valence-corrected chi connectivity index (χ1v) is 8.45. The van der Waals surface area contributed by atoms with Crippen LogP contribution < -0.4 is 0 Å². The van der Waals surface area contributed by atoms with Gasteiger partial charge < -0.3 is 18.6 Å². The van der Waals surface area contributed by atoms with Crippen LogP contribution in [0.25, 0.3) is 11.0 Å². The zero-order valence-electron chi connectivity index (χ0n) is 14.1. The van der Waals surface area contributed by atoms with E-state index >= 15 is 0 Å². The highest BCUT2D eigenvalue weighted by molar-refractivity contribution is 5.92. The summed E-state index contributed by atoms with van der Waals surface area (Å²) in [6.07, 6.45) is 2.53. The number of hydrogen-bond donors (Lipinski definition) is 0. The second-order valence-corrected chi connectivity index (χ2v) is 6.51. The lowest BCUT2D eigenvalue weighted by atomic mass is 9.99. The zero-order chi connectivity index (χ0) is 17.2. The van der Waals surface area contributed by atoms with Crippen molar-refractivity contribution in [2.24, 2.45) is 5.92 Å². The van der Waals surface area contributed by atoms with Gasteiger partial charge in [0.15, 0.2) is 5.69 Å². The SMILES string of the molecule is Cc1cc(C(=O)N2CCOC[C@H](Cc3ccc4ccoc4c3)C2)no1. The normalized spacial score (nSPS) is 18.4. The van der Waals surface area contributed by atoms with Gasteiger partial charge >= 0.3 is 0 Å². The van der Waals surface area contributed by atoms with E-state index in [1.165, 1.54) is 5.56 Å². The molecule has 130 valence electrons. The fourth-order valence-electron chi connectivity index (χ4n) is 3.28. The lowest BCUT2D eigenvalue weighted by Gasteiger charge is -2.22. The van der Waals surface area contributed by atoms with E-state index in [9.17, 15) is 4.79 Å². The van der Waals surface area contributed by atoms with Gasteiger partial charge in [-0.05, 0) is 31.0 Å². The Labute approximate surface area is 145 Å². The molecule has 0 radical (unpaired) electrons. The van der Waals surface area contributed by atoms with Gasteiger partial charge in [-0.1, -0.05) is 17.3 Å². The van der Waals surface area contributed by atoms with Crippen LogP contribution in [0.1, 0.15) is 21.8 Å². The summed E-state index contributed by atoms with van der Waals surface area (Å²) in [6, 6.07) is 9.86. The van der Waals surface area contributed by atoms with Crippen LogP contribution in [0.2, 0.25) is 0 Å². The van der Waals surface area contributed by atoms with E-state index < -0.39 is 0 Å². The number of aromatic nitrogens is 1. The van der Waals surface area contributed by atoms with Gasteiger partial charge in [-0.15, -0.1) is 0 Å². The number of aryl methyl sites for hydroxylation is 1. The smallest absolute Gasteiger partial charge is 0.276 e. The lowest BCUT2D eigenvalue weighted by molar-refractivity contribution is 0.0727. The number of benzene rings is 1. The van der Waals surface area contributed by atoms with Crippen LogP contribution in [0.15, 0.2) is 45.5 Å². The van der Waals surface area contributed by atoms with Crippen molar-refractivity contribution in [3.8, 4) is 0 Å². The van der Waals surface area contributed by atoms with Crippen molar-refractivity contribution < 1.29 is 18.5 Å². The summed E-state index contributed by atoms with van der Waals surface area (Å²) in [6.45, 7) is 4.16. The van der Waals surface area contributed by atoms with Crippen LogP contribution in [0.4, 0.5) is 0 Å². The summed E-state index contributed by atoms with van der Waals surface area (Å²) in [5.41, 5.74) is 2.43. The van der Waals surface area contributed by atoms with E-state index in [0.29, 0.717) is 37.8 Å². The van der Waals surface area contributed by atoms with Crippen LogP contribution in [0.3, 0.4) is 0 Å². The van der Waals surface area contributed by atoms with Gasteiger partial charge in [-0.25, -0.2) is 0 Å². The van der Waals surface area contributed by atoms with Crippen LogP contribution >= 0.6 is 0 Å². The summed E-state index contributed by atoms with van der Waals surface area (Å²) >= 11 is 0. The molecule has 2 aromatic heterocycles. The standard InChI is InChI=1S/C19H20N2O4/c1-13-8-17(20-25-13)19(22)21-5-7-23-12-15(11-21)9-14-2-3-16-4-6-24-18(16)10-14/h2-4,6,8,10,15H,5,7,9,11-12H2,1H3/t15-/m1/s1. The molecule has 1 fully saturated rings. The van der Waals surface area contributed by atoms with Crippen LogP contribution in [0.5, 0.6) is 0 Å². The summed E-state index contributed by atoms with van der Waals surface area (Å²) in [4.78, 5) is 14.4. The molecule has 1 saturated heterocycles. The summed E-state index contributed by atoms with van der Waals surface area (Å²) in [7, 11) is 0. The number of carbonyl (C=O) groups excluding carboxylic acids is 1. The average molecular weight is 340 g/mol. The first-order valence-electron chi connectivity index (χ1n) is 8.45. The van der Waals surface area contributed by atoms with Crippen LogP contribution in [-0.2, 0) is 11.2 Å². The predicted octanol–water partition coefficient (Wildman–Crippen LogP) is 3.06. The van der Waals surface area contributed by atoms with Gasteiger partial charge in [0.2, 0.25) is 0 Å². The Bertz CT molecular complexity index is 882. The summed E-state index contributed by atoms with van der Waals surface area (Å²) < 4.78 is 16.2. The molecule has 3 aromatic rings. The van der Waals surface area contributed by atoms with Crippen molar-refractivity contribution in [3.63, 3.8) is 0 Å². The van der Waals surface area contributed by atoms with Crippen molar-refractivity contribution in [2.75, 3.05) is 26.3 Å². The van der Waals surface area contributed by atoms with E-state index in [-0.39, 0.29) is 11.8 Å². The molecule has 4 rings (SSSR count). The minimum absolute atomic E-state index is 0.103. The number of nitrogens with zero attached hydrogens (tertiary/aromatic N) is 2. The molecular formula is C19H20N2O4. The van der Waals surface area contributed by atoms with Crippen molar-refractivity contribution in [3.05, 3.63) is 53.6 Å². The van der Waals surface area contributed by atoms with E-state index in [0.717, 1.165) is 17.4 Å². The van der Waals surface area contributed by atoms with E-state index in [4.69, 9.17) is 13.7 Å². The second-order valence-electron chi connectivity index (χ2n) is 6.51. The molecule has 0 aliphatic carbocycles. The minimum Gasteiger partial charge on any atom is -0.464 e. The molecule has 6 heteroatoms. The number of amides is 1. The van der Waals surface area contributed by atoms with Gasteiger partial charge in [-0.3, -0.25) is 4.79 Å². The Morgan fingerprint density at radius 3 is 3.08 bits per heavy atom. The molecular weight excluding hydrogens is 320 g/mol. The van der Waals surface area contributed by atoms with Crippen molar-refractivity contribution in [2.45, 2.75) is 13.3 Å². The molecule has 1 aliphatic rings. The third-order valence-electron chi connectivity index (χ3n) is 4.52. The summed E-state index contributed by atoms with van der Waals surface area (Å²) in [5.74, 6) is 0.762. The third kappa shape index (κ3) is 3.44. The summed E-state index contributed by atoms with van der Waals surface area (Å²) in [5, 5.41) is 4.94. The second kappa shape index (κ2) is 6.72. The maximum absolute atomic E-state index is 12.6. The zero-order valence-corrected chi connectivity index (χ0v) is 14.1. The highest BCUT2D eigenvalue weighted by Gasteiger charge is 2.25. The number of fused-ring (bicyclic) bond motifs is 1. The van der Waals surface area contributed by atoms with Gasteiger partial charge in [0.1, 0.15) is 11.3 Å². The maximum atomic E-state index is 12.6. The number of furan rings is 1. The Morgan fingerprint density at radius 1 is 1.32 bits per heavy atom. The van der Waals surface area contributed by atoms with E-state index in [1.54, 1.807) is 24.2 Å². The number of rotatable bonds is 3. The maximum Gasteiger partial charge on any atom is 0.276 e. The Hall–Kier alpha value is -2.60. The molecule has 0 N–H and O–H groups in total. The minimum atomic E-state index is -0.103. The van der Waals surface area contributed by atoms with E-state index in [2.05, 4.69) is 23.4 Å². The first kappa shape index (κ1) is 15.9. The first-order chi connectivity index (χ1) is 12.2. The third-order valence-corrected chi connectivity index (χ3v) is 4.52. The lowest BCUT2D eigenvalue weighted by Crippen LogP contribution is -2.36. The Balaban J connectivity index is 1.48. The highest BCUT2D eigenvalue weighted by atomic mass is 16.5. The van der Waals surface area contributed by atoms with Gasteiger partial charge in [0.05, 0.1) is 19.5 Å². The topological polar surface area (TPSA) is 68.7 Å². The molecule has 25 heavy (non-hydrogen) atoms. The van der Waals surface area contributed by atoms with Gasteiger partial charge in [-0.2, -0.15) is 0 Å². The molecule has 1 aromatic carbocycles. The molecule has 0 unspecified atom stereocenters. The molecule has 6 nitrogen and oxygen atoms in total. The van der Waals surface area contributed by atoms with Gasteiger partial charge in [0.25, 0.3) is 5.91 Å². The average Bonchev–Trinajstić information content (AvgIpc) is 3.18. The van der Waals surface area contributed by atoms with Crippen molar-refractivity contribution >= 4 is 16.9 Å². The molecule has 1 atom stereocenters. The number of hydrogen-bond acceptors (Lipinski definition) is 5. The number of carbonyl (C=O) groups is 1. The quantitative estimate of drug-likeness (QED) is 0.733. The van der Waals surface area contributed by atoms with E-state index in [1.807, 2.05) is 6.07 Å². The largest absolute Gasteiger partial charge is 0.464 e. The molecule has 0 bridgehead atoms. The number of ether oxygens (including phenoxy) is 1. The van der Waals surface area contributed by atoms with Crippen molar-refractivity contribution in [1.29, 1.82) is 0 Å². The monoisotopic (exact) mass is 340 g/mol. The van der Waals surface area contributed by atoms with Crippen molar-refractivity contribution in [1.82, 2.24) is 10.1 Å². The highest BCUT2D eigenvalue weighted by Crippen LogP contribution is 2.21. The van der Waals surface area contributed by atoms with Crippen LogP contribution in [-0.4, -0.2) is 42.3 Å². The Morgan fingerprint density at radius 2 is 2.24 bits per heavy atom. The molecule has 0 saturated carbocycles. The molecule has 1 amide bonds. The fourth-order valence-corrected chi connectivity index (χ4v) is 3.28. The molecule has 0 spiro atoms. The fraction of sp³-hybridized carbons (Fsp3) is 0.368. The molecule has 1 aliphatic heterocycles. The van der Waals surface area contributed by atoms with Crippen LogP contribution in [0, 0.1) is 12.8 Å². The Kier molecular flexibility index (Phi) is 4.28. The molecule has 3 heterocycles.